The molecule has 4 aromatic rings. The van der Waals surface area contributed by atoms with Gasteiger partial charge in [0.2, 0.25) is 0 Å². The first-order valence-corrected chi connectivity index (χ1v) is 15.2. The predicted molar refractivity (Wildman–Crippen MR) is 175 cm³/mol. The summed E-state index contributed by atoms with van der Waals surface area (Å²) in [7, 11) is 0. The van der Waals surface area contributed by atoms with Crippen molar-refractivity contribution in [2.24, 2.45) is 5.92 Å². The maximum absolute atomic E-state index is 4.26. The molecule has 0 heteroatoms. The summed E-state index contributed by atoms with van der Waals surface area (Å²) < 4.78 is 0. The predicted octanol–water partition coefficient (Wildman–Crippen LogP) is 11.4. The van der Waals surface area contributed by atoms with Crippen molar-refractivity contribution in [3.05, 3.63) is 156 Å². The first-order valence-electron chi connectivity index (χ1n) is 15.2. The summed E-state index contributed by atoms with van der Waals surface area (Å²) in [6, 6.07) is 39.8. The van der Waals surface area contributed by atoms with Crippen LogP contribution in [0.25, 0.3) is 11.1 Å². The molecule has 0 aromatic heterocycles. The average molecular weight is 527 g/mol. The van der Waals surface area contributed by atoms with Gasteiger partial charge in [-0.2, -0.15) is 0 Å². The highest BCUT2D eigenvalue weighted by Crippen LogP contribution is 2.33. The third-order valence-corrected chi connectivity index (χ3v) is 8.40. The standard InChI is InChI=1S/C40H46/c1-4-33(31-38-26-16-18-28-40(38)39-27-17-15-20-34(39)5-2)29-30-37(36-23-13-8-14-24-36)25-12-6-9-19-32(3)35-21-10-7-11-22-35/h4,6-8,10-18,20-24,26-28,32-33,37H,1,5,9,19,25,29-31H2,2-3H3/b12-6+. The fraction of sp³-hybridized carbons (Fsp3) is 0.300. The molecule has 3 unspecified atom stereocenters. The summed E-state index contributed by atoms with van der Waals surface area (Å²) in [6.45, 7) is 8.84. The highest BCUT2D eigenvalue weighted by Gasteiger charge is 2.16. The molecule has 4 rings (SSSR count). The van der Waals surface area contributed by atoms with E-state index >= 15 is 0 Å². The minimum atomic E-state index is 0.455. The molecule has 0 N–H and O–H groups in total. The van der Waals surface area contributed by atoms with E-state index in [-0.39, 0.29) is 0 Å². The van der Waals surface area contributed by atoms with Crippen LogP contribution in [-0.2, 0) is 12.8 Å². The Hall–Kier alpha value is -3.64. The van der Waals surface area contributed by atoms with Gasteiger partial charge in [0.25, 0.3) is 0 Å². The summed E-state index contributed by atoms with van der Waals surface area (Å²) in [6.07, 6.45) is 14.8. The topological polar surface area (TPSA) is 0 Å². The Labute approximate surface area is 243 Å². The van der Waals surface area contributed by atoms with Crippen LogP contribution in [0.3, 0.4) is 0 Å². The number of benzene rings is 4. The molecule has 40 heavy (non-hydrogen) atoms. The van der Waals surface area contributed by atoms with Crippen molar-refractivity contribution in [1.29, 1.82) is 0 Å². The van der Waals surface area contributed by atoms with Gasteiger partial charge in [-0.1, -0.05) is 141 Å². The van der Waals surface area contributed by atoms with E-state index in [1.165, 1.54) is 46.2 Å². The third-order valence-electron chi connectivity index (χ3n) is 8.40. The Balaban J connectivity index is 1.39. The maximum Gasteiger partial charge on any atom is -0.0127 e. The van der Waals surface area contributed by atoms with Crippen molar-refractivity contribution >= 4 is 0 Å². The fourth-order valence-electron chi connectivity index (χ4n) is 5.87. The van der Waals surface area contributed by atoms with Gasteiger partial charge in [0.1, 0.15) is 0 Å². The lowest BCUT2D eigenvalue weighted by Crippen LogP contribution is -2.07. The lowest BCUT2D eigenvalue weighted by Gasteiger charge is -2.21. The molecule has 0 bridgehead atoms. The lowest BCUT2D eigenvalue weighted by molar-refractivity contribution is 0.505. The molecule has 0 spiro atoms. The van der Waals surface area contributed by atoms with E-state index in [1.807, 2.05) is 0 Å². The van der Waals surface area contributed by atoms with Crippen LogP contribution in [0.15, 0.2) is 134 Å². The van der Waals surface area contributed by atoms with Crippen molar-refractivity contribution in [3.8, 4) is 11.1 Å². The summed E-state index contributed by atoms with van der Waals surface area (Å²) in [5.74, 6) is 1.58. The van der Waals surface area contributed by atoms with E-state index < -0.39 is 0 Å². The van der Waals surface area contributed by atoms with E-state index in [4.69, 9.17) is 0 Å². The molecule has 0 aliphatic heterocycles. The van der Waals surface area contributed by atoms with Crippen LogP contribution in [0.4, 0.5) is 0 Å². The van der Waals surface area contributed by atoms with Crippen molar-refractivity contribution in [3.63, 3.8) is 0 Å². The van der Waals surface area contributed by atoms with Gasteiger partial charge in [0, 0.05) is 0 Å². The van der Waals surface area contributed by atoms with Gasteiger partial charge in [-0.3, -0.25) is 0 Å². The molecule has 0 heterocycles. The third kappa shape index (κ3) is 8.43. The smallest absolute Gasteiger partial charge is 0.0127 e. The number of rotatable bonds is 15. The Bertz CT molecular complexity index is 1310. The van der Waals surface area contributed by atoms with Crippen LogP contribution >= 0.6 is 0 Å². The molecular formula is C40H46. The summed E-state index contributed by atoms with van der Waals surface area (Å²) in [5.41, 5.74) is 8.48. The van der Waals surface area contributed by atoms with E-state index in [2.05, 4.69) is 148 Å². The molecule has 0 aliphatic rings. The quantitative estimate of drug-likeness (QED) is 0.135. The fourth-order valence-corrected chi connectivity index (χ4v) is 5.87. The van der Waals surface area contributed by atoms with Gasteiger partial charge < -0.3 is 0 Å². The lowest BCUT2D eigenvalue weighted by atomic mass is 9.84. The molecular weight excluding hydrogens is 480 g/mol. The first kappa shape index (κ1) is 29.3. The minimum Gasteiger partial charge on any atom is -0.103 e. The highest BCUT2D eigenvalue weighted by molar-refractivity contribution is 5.70. The first-order chi connectivity index (χ1) is 19.7. The number of hydrogen-bond acceptors (Lipinski definition) is 0. The van der Waals surface area contributed by atoms with E-state index in [1.54, 1.807) is 0 Å². The highest BCUT2D eigenvalue weighted by atomic mass is 14.2. The normalized spacial score (nSPS) is 13.7. The summed E-state index contributed by atoms with van der Waals surface area (Å²) in [5, 5.41) is 0. The number of hydrogen-bond donors (Lipinski definition) is 0. The zero-order valence-electron chi connectivity index (χ0n) is 24.5. The van der Waals surface area contributed by atoms with Gasteiger partial charge in [-0.25, -0.2) is 0 Å². The second-order valence-electron chi connectivity index (χ2n) is 11.1. The molecule has 4 aromatic carbocycles. The summed E-state index contributed by atoms with van der Waals surface area (Å²) >= 11 is 0. The molecule has 206 valence electrons. The van der Waals surface area contributed by atoms with Gasteiger partial charge in [0.15, 0.2) is 0 Å². The molecule has 0 amide bonds. The molecule has 0 fully saturated rings. The van der Waals surface area contributed by atoms with Crippen molar-refractivity contribution in [2.75, 3.05) is 0 Å². The van der Waals surface area contributed by atoms with Gasteiger partial charge in [-0.05, 0) is 96.1 Å². The van der Waals surface area contributed by atoms with Gasteiger partial charge >= 0.3 is 0 Å². The monoisotopic (exact) mass is 526 g/mol. The Kier molecular flexibility index (Phi) is 11.6. The van der Waals surface area contributed by atoms with Crippen LogP contribution < -0.4 is 0 Å². The summed E-state index contributed by atoms with van der Waals surface area (Å²) in [4.78, 5) is 0. The average Bonchev–Trinajstić information content (AvgIpc) is 3.02. The molecule has 3 atom stereocenters. The van der Waals surface area contributed by atoms with Crippen LogP contribution in [-0.4, -0.2) is 0 Å². The zero-order valence-corrected chi connectivity index (χ0v) is 24.5. The van der Waals surface area contributed by atoms with Crippen LogP contribution in [0.5, 0.6) is 0 Å². The molecule has 0 nitrogen and oxygen atoms in total. The van der Waals surface area contributed by atoms with Crippen LogP contribution in [0.1, 0.15) is 80.0 Å². The second kappa shape index (κ2) is 15.8. The van der Waals surface area contributed by atoms with Crippen molar-refractivity contribution < 1.29 is 0 Å². The van der Waals surface area contributed by atoms with E-state index in [0.29, 0.717) is 17.8 Å². The number of aryl methyl sites for hydroxylation is 1. The molecule has 0 saturated carbocycles. The van der Waals surface area contributed by atoms with E-state index in [0.717, 1.165) is 32.1 Å². The zero-order chi connectivity index (χ0) is 28.0. The minimum absolute atomic E-state index is 0.455. The SMILES string of the molecule is C=CC(CCC(C/C=C/CCC(C)c1ccccc1)c1ccccc1)Cc1ccccc1-c1ccccc1CC. The van der Waals surface area contributed by atoms with Crippen molar-refractivity contribution in [1.82, 2.24) is 0 Å². The van der Waals surface area contributed by atoms with Gasteiger partial charge in [0.05, 0.1) is 0 Å². The number of allylic oxidation sites excluding steroid dienone is 3. The Morgan fingerprint density at radius 3 is 1.85 bits per heavy atom. The van der Waals surface area contributed by atoms with Gasteiger partial charge in [-0.15, -0.1) is 6.58 Å². The maximum atomic E-state index is 4.26. The van der Waals surface area contributed by atoms with Crippen LogP contribution in [0, 0.1) is 5.92 Å². The Morgan fingerprint density at radius 2 is 1.20 bits per heavy atom. The van der Waals surface area contributed by atoms with E-state index in [9.17, 15) is 0 Å². The Morgan fingerprint density at radius 1 is 0.625 bits per heavy atom. The van der Waals surface area contributed by atoms with Crippen molar-refractivity contribution in [2.45, 2.75) is 70.6 Å². The molecule has 0 radical (unpaired) electrons. The molecule has 0 aliphatic carbocycles. The second-order valence-corrected chi connectivity index (χ2v) is 11.1. The van der Waals surface area contributed by atoms with Crippen LogP contribution in [0.2, 0.25) is 0 Å². The largest absolute Gasteiger partial charge is 0.103 e. The molecule has 0 saturated heterocycles.